The number of piperazine rings is 1. The minimum Gasteiger partial charge on any atom is -0.314 e. The summed E-state index contributed by atoms with van der Waals surface area (Å²) in [4.78, 5) is 4.95. The molecule has 4 nitrogen and oxygen atoms in total. The van der Waals surface area contributed by atoms with Crippen LogP contribution in [0.1, 0.15) is 103 Å². The largest absolute Gasteiger partial charge is 0.314 e. The van der Waals surface area contributed by atoms with Crippen LogP contribution in [0.2, 0.25) is 5.02 Å². The number of nitrogens with zero attached hydrogens (tertiary/aromatic N) is 2. The minimum atomic E-state index is -0.0958. The van der Waals surface area contributed by atoms with Gasteiger partial charge in [-0.25, -0.2) is 0 Å². The van der Waals surface area contributed by atoms with E-state index in [1.54, 1.807) is 0 Å². The van der Waals surface area contributed by atoms with Gasteiger partial charge in [-0.15, -0.1) is 0 Å². The molecule has 5 rings (SSSR count). The van der Waals surface area contributed by atoms with Gasteiger partial charge in [-0.2, -0.15) is 0 Å². The molecule has 3 atom stereocenters. The van der Waals surface area contributed by atoms with E-state index in [4.69, 9.17) is 11.6 Å². The fourth-order valence-electron chi connectivity index (χ4n) is 6.01. The van der Waals surface area contributed by atoms with Crippen molar-refractivity contribution in [1.29, 1.82) is 0 Å². The zero-order valence-corrected chi connectivity index (χ0v) is 31.1. The average Bonchev–Trinajstić information content (AvgIpc) is 3.28. The van der Waals surface area contributed by atoms with E-state index in [9.17, 15) is 0 Å². The first-order chi connectivity index (χ1) is 21.4. The molecule has 0 saturated carbocycles. The van der Waals surface area contributed by atoms with Gasteiger partial charge in [-0.3, -0.25) is 10.2 Å². The summed E-state index contributed by atoms with van der Waals surface area (Å²) >= 11 is 6.14. The lowest BCUT2D eigenvalue weighted by molar-refractivity contribution is 0.142. The van der Waals surface area contributed by atoms with Crippen LogP contribution >= 0.6 is 11.6 Å². The summed E-state index contributed by atoms with van der Waals surface area (Å²) in [5, 5.41) is 7.97. The number of rotatable bonds is 5. The van der Waals surface area contributed by atoms with Gasteiger partial charge in [0.05, 0.1) is 11.7 Å². The molecule has 2 N–H and O–H groups in total. The van der Waals surface area contributed by atoms with Gasteiger partial charge in [0.25, 0.3) is 0 Å². The molecule has 0 aliphatic carbocycles. The third kappa shape index (κ3) is 10.9. The Bertz CT molecular complexity index is 1230. The summed E-state index contributed by atoms with van der Waals surface area (Å²) in [5.41, 5.74) is 6.97. The number of hydrogen-bond donors (Lipinski definition) is 2. The van der Waals surface area contributed by atoms with Crippen LogP contribution in [-0.2, 0) is 17.4 Å². The van der Waals surface area contributed by atoms with E-state index in [0.29, 0.717) is 6.04 Å². The zero-order valence-electron chi connectivity index (χ0n) is 30.3. The minimum absolute atomic E-state index is 0.0958. The van der Waals surface area contributed by atoms with E-state index >= 15 is 0 Å². The molecule has 2 aliphatic rings. The van der Waals surface area contributed by atoms with Crippen LogP contribution in [0.25, 0.3) is 0 Å². The molecule has 3 aromatic rings. The fourth-order valence-corrected chi connectivity index (χ4v) is 6.14. The van der Waals surface area contributed by atoms with Crippen molar-refractivity contribution in [2.45, 2.75) is 105 Å². The Kier molecular flexibility index (Phi) is 16.3. The van der Waals surface area contributed by atoms with Gasteiger partial charge >= 0.3 is 0 Å². The Morgan fingerprint density at radius 1 is 0.911 bits per heavy atom. The first-order valence-electron chi connectivity index (χ1n) is 17.2. The van der Waals surface area contributed by atoms with E-state index in [1.165, 1.54) is 60.5 Å². The van der Waals surface area contributed by atoms with Crippen molar-refractivity contribution in [3.05, 3.63) is 106 Å². The van der Waals surface area contributed by atoms with Crippen molar-refractivity contribution in [3.63, 3.8) is 0 Å². The molecule has 0 amide bonds. The molecule has 3 aromatic carbocycles. The molecule has 2 unspecified atom stereocenters. The lowest BCUT2D eigenvalue weighted by atomic mass is 9.84. The number of halogens is 1. The van der Waals surface area contributed by atoms with Gasteiger partial charge in [0.15, 0.2) is 0 Å². The van der Waals surface area contributed by atoms with Crippen molar-refractivity contribution in [3.8, 4) is 0 Å². The Morgan fingerprint density at radius 2 is 1.51 bits per heavy atom. The first-order valence-corrected chi connectivity index (χ1v) is 17.6. The van der Waals surface area contributed by atoms with Crippen molar-refractivity contribution in [2.75, 3.05) is 39.8 Å². The van der Waals surface area contributed by atoms with Gasteiger partial charge in [0, 0.05) is 37.2 Å². The van der Waals surface area contributed by atoms with Crippen LogP contribution < -0.4 is 10.6 Å². The van der Waals surface area contributed by atoms with Crippen molar-refractivity contribution in [2.24, 2.45) is 0 Å². The summed E-state index contributed by atoms with van der Waals surface area (Å²) < 4.78 is 0. The summed E-state index contributed by atoms with van der Waals surface area (Å²) in [6, 6.07) is 26.0. The zero-order chi connectivity index (χ0) is 33.6. The lowest BCUT2D eigenvalue weighted by Gasteiger charge is -2.37. The Hall–Kier alpha value is -2.21. The van der Waals surface area contributed by atoms with Gasteiger partial charge in [0.2, 0.25) is 0 Å². The maximum Gasteiger partial charge on any atom is 0.0871 e. The van der Waals surface area contributed by atoms with Gasteiger partial charge < -0.3 is 10.2 Å². The molecule has 2 heterocycles. The molecule has 2 fully saturated rings. The van der Waals surface area contributed by atoms with Crippen LogP contribution in [0.15, 0.2) is 72.8 Å². The smallest absolute Gasteiger partial charge is 0.0871 e. The van der Waals surface area contributed by atoms with Crippen LogP contribution in [-0.4, -0.2) is 55.6 Å². The molecule has 0 aromatic heterocycles. The van der Waals surface area contributed by atoms with E-state index < -0.39 is 0 Å². The number of aryl methyl sites for hydroxylation is 2. The SMILES string of the molecule is CC.CCCc1cc(C(C)(C)C)ccc1C1NC(C)[C@@](C)(c2ccc(Cl)cc2)N1C.CCN1CCNCC1.Cc1ccccc1. The van der Waals surface area contributed by atoms with Crippen LogP contribution in [0.3, 0.4) is 0 Å². The number of nitrogens with one attached hydrogen (secondary N) is 2. The predicted octanol–water partition coefficient (Wildman–Crippen LogP) is 9.36. The summed E-state index contributed by atoms with van der Waals surface area (Å²) in [5.74, 6) is 0. The monoisotopic (exact) mass is 634 g/mol. The number of likely N-dealkylation sites (N-methyl/N-ethyl adjacent to an activating group) is 2. The Balaban J connectivity index is 0.000000336. The number of hydrogen-bond acceptors (Lipinski definition) is 4. The maximum atomic E-state index is 6.14. The van der Waals surface area contributed by atoms with Crippen molar-refractivity contribution in [1.82, 2.24) is 20.4 Å². The molecule has 0 spiro atoms. The lowest BCUT2D eigenvalue weighted by Crippen LogP contribution is -2.43. The second-order valence-electron chi connectivity index (χ2n) is 13.3. The van der Waals surface area contributed by atoms with Crippen LogP contribution in [0.5, 0.6) is 0 Å². The highest BCUT2D eigenvalue weighted by molar-refractivity contribution is 6.30. The van der Waals surface area contributed by atoms with E-state index in [1.807, 2.05) is 44.2 Å². The highest BCUT2D eigenvalue weighted by Gasteiger charge is 2.47. The second kappa shape index (κ2) is 18.8. The highest BCUT2D eigenvalue weighted by Crippen LogP contribution is 2.43. The molecule has 2 aliphatic heterocycles. The molecule has 0 radical (unpaired) electrons. The standard InChI is InChI=1S/C25H35ClN2.C7H8.C6H14N2.C2H6/c1-8-9-18-16-20(24(3,4)5)12-15-22(18)23-27-17(2)25(6,28(23)7)19-10-13-21(26)14-11-19;1-7-5-3-2-4-6-7;1-2-8-5-3-7-4-6-8;1-2/h10-17,23,27H,8-9H2,1-7H3;2-6H,1H3;7H,2-6H2,1H3;1-2H3/t17?,23?,25-;;;/m0.../s1. The molecule has 45 heavy (non-hydrogen) atoms. The highest BCUT2D eigenvalue weighted by atomic mass is 35.5. The Labute approximate surface area is 282 Å². The third-order valence-electron chi connectivity index (χ3n) is 9.22. The van der Waals surface area contributed by atoms with Gasteiger partial charge in [-0.05, 0) is 80.6 Å². The predicted molar refractivity (Wildman–Crippen MR) is 199 cm³/mol. The summed E-state index contributed by atoms with van der Waals surface area (Å²) in [6.45, 7) is 28.1. The fraction of sp³-hybridized carbons (Fsp3) is 0.550. The Morgan fingerprint density at radius 3 is 1.98 bits per heavy atom. The van der Waals surface area contributed by atoms with Crippen molar-refractivity contribution < 1.29 is 0 Å². The molecule has 2 saturated heterocycles. The second-order valence-corrected chi connectivity index (χ2v) is 13.7. The third-order valence-corrected chi connectivity index (χ3v) is 9.47. The normalized spacial score (nSPS) is 21.9. The molecule has 250 valence electrons. The molecular formula is C40H63ClN4. The summed E-state index contributed by atoms with van der Waals surface area (Å²) in [7, 11) is 2.24. The van der Waals surface area contributed by atoms with Gasteiger partial charge in [0.1, 0.15) is 0 Å². The van der Waals surface area contributed by atoms with E-state index in [-0.39, 0.29) is 17.1 Å². The van der Waals surface area contributed by atoms with Gasteiger partial charge in [-0.1, -0.05) is 133 Å². The van der Waals surface area contributed by atoms with E-state index in [0.717, 1.165) is 17.9 Å². The summed E-state index contributed by atoms with van der Waals surface area (Å²) in [6.07, 6.45) is 2.46. The molecule has 5 heteroatoms. The molecular weight excluding hydrogens is 572 g/mol. The topological polar surface area (TPSA) is 30.5 Å². The molecule has 0 bridgehead atoms. The first kappa shape index (κ1) is 39.0. The van der Waals surface area contributed by atoms with Crippen LogP contribution in [0.4, 0.5) is 0 Å². The van der Waals surface area contributed by atoms with E-state index in [2.05, 4.69) is 125 Å². The van der Waals surface area contributed by atoms with Crippen molar-refractivity contribution >= 4 is 11.6 Å². The van der Waals surface area contributed by atoms with Crippen LogP contribution in [0, 0.1) is 6.92 Å². The average molecular weight is 635 g/mol. The number of benzene rings is 3. The maximum absolute atomic E-state index is 6.14. The quantitative estimate of drug-likeness (QED) is 0.293.